The van der Waals surface area contributed by atoms with Crippen molar-refractivity contribution in [2.75, 3.05) is 32.1 Å². The van der Waals surface area contributed by atoms with E-state index in [1.54, 1.807) is 13.2 Å². The number of methoxy groups -OCH3 is 1. The number of hydrogen-bond acceptors (Lipinski definition) is 3. The Morgan fingerprint density at radius 3 is 2.44 bits per heavy atom. The molecule has 2 rings (SSSR count). The number of amides is 2. The van der Waals surface area contributed by atoms with Gasteiger partial charge < -0.3 is 15.4 Å². The largest absolute Gasteiger partial charge is 0.497 e. The maximum Gasteiger partial charge on any atom is 0.319 e. The fourth-order valence-electron chi connectivity index (χ4n) is 2.86. The standard InChI is InChI=1S/C20H27N3O2/c1-4-23(5-2)19(16-10-7-6-8-11-16)15-21-20(24)22-17-12-9-13-18(14-17)25-3/h6-14,19H,4-5,15H2,1-3H3,(H2,21,22,24). The van der Waals surface area contributed by atoms with Gasteiger partial charge in [-0.05, 0) is 30.8 Å². The predicted octanol–water partition coefficient (Wildman–Crippen LogP) is 3.90. The van der Waals surface area contributed by atoms with Gasteiger partial charge in [-0.3, -0.25) is 4.90 Å². The third-order valence-corrected chi connectivity index (χ3v) is 4.22. The zero-order chi connectivity index (χ0) is 18.1. The Bertz CT molecular complexity index is 657. The van der Waals surface area contributed by atoms with Gasteiger partial charge in [0.1, 0.15) is 5.75 Å². The SMILES string of the molecule is CCN(CC)C(CNC(=O)Nc1cccc(OC)c1)c1ccccc1. The number of benzene rings is 2. The number of urea groups is 1. The molecule has 0 aliphatic carbocycles. The number of likely N-dealkylation sites (N-methyl/N-ethyl adjacent to an activating group) is 1. The summed E-state index contributed by atoms with van der Waals surface area (Å²) >= 11 is 0. The van der Waals surface area contributed by atoms with Crippen LogP contribution in [-0.4, -0.2) is 37.7 Å². The van der Waals surface area contributed by atoms with Gasteiger partial charge in [0.25, 0.3) is 0 Å². The van der Waals surface area contributed by atoms with E-state index in [1.807, 2.05) is 36.4 Å². The van der Waals surface area contributed by atoms with E-state index in [1.165, 1.54) is 5.56 Å². The molecule has 1 atom stereocenters. The van der Waals surface area contributed by atoms with Crippen molar-refractivity contribution in [1.29, 1.82) is 0 Å². The van der Waals surface area contributed by atoms with Crippen molar-refractivity contribution in [3.8, 4) is 5.75 Å². The van der Waals surface area contributed by atoms with E-state index in [0.717, 1.165) is 13.1 Å². The minimum absolute atomic E-state index is 0.146. The van der Waals surface area contributed by atoms with Gasteiger partial charge in [0, 0.05) is 18.3 Å². The minimum Gasteiger partial charge on any atom is -0.497 e. The van der Waals surface area contributed by atoms with E-state index < -0.39 is 0 Å². The predicted molar refractivity (Wildman–Crippen MR) is 102 cm³/mol. The first kappa shape index (κ1) is 18.8. The highest BCUT2D eigenvalue weighted by Gasteiger charge is 2.18. The Morgan fingerprint density at radius 2 is 1.80 bits per heavy atom. The van der Waals surface area contributed by atoms with Crippen molar-refractivity contribution in [2.45, 2.75) is 19.9 Å². The van der Waals surface area contributed by atoms with Crippen LogP contribution in [0.15, 0.2) is 54.6 Å². The lowest BCUT2D eigenvalue weighted by Crippen LogP contribution is -2.39. The summed E-state index contributed by atoms with van der Waals surface area (Å²) in [5.74, 6) is 0.711. The topological polar surface area (TPSA) is 53.6 Å². The average Bonchev–Trinajstić information content (AvgIpc) is 2.66. The van der Waals surface area contributed by atoms with Crippen LogP contribution in [-0.2, 0) is 0 Å². The molecule has 0 radical (unpaired) electrons. The minimum atomic E-state index is -0.221. The zero-order valence-corrected chi connectivity index (χ0v) is 15.2. The number of rotatable bonds is 8. The molecule has 0 saturated heterocycles. The molecule has 0 fully saturated rings. The molecular formula is C20H27N3O2. The van der Waals surface area contributed by atoms with Crippen LogP contribution in [0.25, 0.3) is 0 Å². The smallest absolute Gasteiger partial charge is 0.319 e. The molecule has 2 aromatic carbocycles. The quantitative estimate of drug-likeness (QED) is 0.766. The van der Waals surface area contributed by atoms with Crippen LogP contribution in [0.5, 0.6) is 5.75 Å². The summed E-state index contributed by atoms with van der Waals surface area (Å²) in [6.45, 7) is 6.66. The molecule has 0 spiro atoms. The molecule has 2 N–H and O–H groups in total. The lowest BCUT2D eigenvalue weighted by molar-refractivity contribution is 0.210. The van der Waals surface area contributed by atoms with Gasteiger partial charge in [0.05, 0.1) is 13.2 Å². The van der Waals surface area contributed by atoms with Crippen molar-refractivity contribution >= 4 is 11.7 Å². The molecule has 2 amide bonds. The Morgan fingerprint density at radius 1 is 1.08 bits per heavy atom. The molecule has 0 aromatic heterocycles. The van der Waals surface area contributed by atoms with E-state index in [4.69, 9.17) is 4.74 Å². The highest BCUT2D eigenvalue weighted by molar-refractivity contribution is 5.89. The van der Waals surface area contributed by atoms with Crippen LogP contribution in [0.3, 0.4) is 0 Å². The van der Waals surface area contributed by atoms with E-state index >= 15 is 0 Å². The van der Waals surface area contributed by atoms with Gasteiger partial charge in [0.2, 0.25) is 0 Å². The van der Waals surface area contributed by atoms with Crippen LogP contribution in [0, 0.1) is 0 Å². The highest BCUT2D eigenvalue weighted by Crippen LogP contribution is 2.20. The fraction of sp³-hybridized carbons (Fsp3) is 0.350. The normalized spacial score (nSPS) is 11.8. The van der Waals surface area contributed by atoms with E-state index in [2.05, 4.69) is 41.5 Å². The maximum atomic E-state index is 12.3. The van der Waals surface area contributed by atoms with Gasteiger partial charge in [-0.15, -0.1) is 0 Å². The molecule has 5 nitrogen and oxygen atoms in total. The number of nitrogens with one attached hydrogen (secondary N) is 2. The van der Waals surface area contributed by atoms with Gasteiger partial charge >= 0.3 is 6.03 Å². The summed E-state index contributed by atoms with van der Waals surface area (Å²) in [6.07, 6.45) is 0. The van der Waals surface area contributed by atoms with Crippen molar-refractivity contribution < 1.29 is 9.53 Å². The molecule has 0 bridgehead atoms. The summed E-state index contributed by atoms with van der Waals surface area (Å²) in [6, 6.07) is 17.5. The Balaban J connectivity index is 2.00. The molecule has 0 heterocycles. The summed E-state index contributed by atoms with van der Waals surface area (Å²) in [5.41, 5.74) is 1.91. The number of hydrogen-bond donors (Lipinski definition) is 2. The lowest BCUT2D eigenvalue weighted by Gasteiger charge is -2.30. The monoisotopic (exact) mass is 341 g/mol. The van der Waals surface area contributed by atoms with E-state index in [9.17, 15) is 4.79 Å². The molecule has 134 valence electrons. The molecule has 0 saturated carbocycles. The first-order valence-electron chi connectivity index (χ1n) is 8.65. The number of carbonyl (C=O) groups is 1. The fourth-order valence-corrected chi connectivity index (χ4v) is 2.86. The Labute approximate surface area is 150 Å². The lowest BCUT2D eigenvalue weighted by atomic mass is 10.1. The number of anilines is 1. The zero-order valence-electron chi connectivity index (χ0n) is 15.2. The van der Waals surface area contributed by atoms with Crippen molar-refractivity contribution in [2.24, 2.45) is 0 Å². The molecule has 25 heavy (non-hydrogen) atoms. The second-order valence-electron chi connectivity index (χ2n) is 5.71. The third kappa shape index (κ3) is 5.50. The average molecular weight is 341 g/mol. The van der Waals surface area contributed by atoms with Crippen LogP contribution in [0.4, 0.5) is 10.5 Å². The summed E-state index contributed by atoms with van der Waals surface area (Å²) in [7, 11) is 1.60. The molecule has 1 unspecified atom stereocenters. The van der Waals surface area contributed by atoms with Crippen LogP contribution < -0.4 is 15.4 Å². The molecule has 0 aliphatic rings. The van der Waals surface area contributed by atoms with Crippen LogP contribution in [0.1, 0.15) is 25.5 Å². The summed E-state index contributed by atoms with van der Waals surface area (Å²) < 4.78 is 5.17. The van der Waals surface area contributed by atoms with Gasteiger partial charge in [-0.1, -0.05) is 50.2 Å². The third-order valence-electron chi connectivity index (χ3n) is 4.22. The first-order valence-corrected chi connectivity index (χ1v) is 8.65. The van der Waals surface area contributed by atoms with E-state index in [-0.39, 0.29) is 12.1 Å². The van der Waals surface area contributed by atoms with Gasteiger partial charge in [-0.25, -0.2) is 4.79 Å². The number of ether oxygens (including phenoxy) is 1. The molecule has 2 aromatic rings. The van der Waals surface area contributed by atoms with Gasteiger partial charge in [-0.2, -0.15) is 0 Å². The molecular weight excluding hydrogens is 314 g/mol. The Hall–Kier alpha value is -2.53. The van der Waals surface area contributed by atoms with Crippen molar-refractivity contribution in [3.05, 3.63) is 60.2 Å². The Kier molecular flexibility index (Phi) is 7.29. The van der Waals surface area contributed by atoms with Crippen LogP contribution >= 0.6 is 0 Å². The number of carbonyl (C=O) groups excluding carboxylic acids is 1. The van der Waals surface area contributed by atoms with E-state index in [0.29, 0.717) is 18.0 Å². The highest BCUT2D eigenvalue weighted by atomic mass is 16.5. The molecule has 0 aliphatic heterocycles. The van der Waals surface area contributed by atoms with Crippen molar-refractivity contribution in [1.82, 2.24) is 10.2 Å². The van der Waals surface area contributed by atoms with Crippen molar-refractivity contribution in [3.63, 3.8) is 0 Å². The summed E-state index contributed by atoms with van der Waals surface area (Å²) in [4.78, 5) is 14.6. The van der Waals surface area contributed by atoms with Crippen LogP contribution in [0.2, 0.25) is 0 Å². The molecule has 5 heteroatoms. The number of nitrogens with zero attached hydrogens (tertiary/aromatic N) is 1. The summed E-state index contributed by atoms with van der Waals surface area (Å²) in [5, 5.41) is 5.83. The second-order valence-corrected chi connectivity index (χ2v) is 5.71. The maximum absolute atomic E-state index is 12.3. The first-order chi connectivity index (χ1) is 12.2. The second kappa shape index (κ2) is 9.69. The van der Waals surface area contributed by atoms with Gasteiger partial charge in [0.15, 0.2) is 0 Å².